The van der Waals surface area contributed by atoms with Crippen LogP contribution >= 0.6 is 11.3 Å². The van der Waals surface area contributed by atoms with Crippen LogP contribution < -0.4 is 5.32 Å². The molecular weight excluding hydrogens is 274 g/mol. The first-order valence-electron chi connectivity index (χ1n) is 7.07. The molecule has 1 aromatic heterocycles. The van der Waals surface area contributed by atoms with E-state index in [0.29, 0.717) is 11.4 Å². The number of likely N-dealkylation sites (tertiary alicyclic amines) is 1. The summed E-state index contributed by atoms with van der Waals surface area (Å²) in [5.41, 5.74) is 0.846. The third-order valence-electron chi connectivity index (χ3n) is 3.65. The van der Waals surface area contributed by atoms with E-state index < -0.39 is 0 Å². The molecule has 1 aromatic rings. The summed E-state index contributed by atoms with van der Waals surface area (Å²) in [5, 5.41) is 3.56. The minimum Gasteiger partial charge on any atom is -0.357 e. The topological polar surface area (TPSA) is 62.3 Å². The molecule has 1 aliphatic heterocycles. The highest BCUT2D eigenvalue weighted by Gasteiger charge is 2.33. The van der Waals surface area contributed by atoms with Crippen molar-refractivity contribution >= 4 is 23.2 Å². The van der Waals surface area contributed by atoms with E-state index in [0.717, 1.165) is 36.4 Å². The highest BCUT2D eigenvalue weighted by atomic mass is 32.1. The predicted molar refractivity (Wildman–Crippen MR) is 79.0 cm³/mol. The Hall–Kier alpha value is -1.43. The second-order valence-electron chi connectivity index (χ2n) is 4.99. The van der Waals surface area contributed by atoms with E-state index in [1.165, 1.54) is 11.3 Å². The van der Waals surface area contributed by atoms with Gasteiger partial charge in [0.15, 0.2) is 0 Å². The van der Waals surface area contributed by atoms with Crippen LogP contribution in [-0.2, 0) is 11.2 Å². The van der Waals surface area contributed by atoms with E-state index in [-0.39, 0.29) is 17.9 Å². The first kappa shape index (κ1) is 15.0. The van der Waals surface area contributed by atoms with E-state index in [2.05, 4.69) is 10.3 Å². The Kier molecular flexibility index (Phi) is 4.75. The smallest absolute Gasteiger partial charge is 0.266 e. The fourth-order valence-electron chi connectivity index (χ4n) is 2.62. The molecule has 6 heteroatoms. The van der Waals surface area contributed by atoms with E-state index in [9.17, 15) is 9.59 Å². The molecule has 2 amide bonds. The highest BCUT2D eigenvalue weighted by molar-refractivity contribution is 7.13. The molecule has 0 bridgehead atoms. The molecule has 0 aromatic carbocycles. The van der Waals surface area contributed by atoms with Gasteiger partial charge < -0.3 is 10.2 Å². The van der Waals surface area contributed by atoms with Crippen LogP contribution in [0.15, 0.2) is 0 Å². The lowest BCUT2D eigenvalue weighted by Gasteiger charge is -2.34. The number of thiazole rings is 1. The largest absolute Gasteiger partial charge is 0.357 e. The summed E-state index contributed by atoms with van der Waals surface area (Å²) in [4.78, 5) is 31.5. The molecule has 2 rings (SSSR count). The summed E-state index contributed by atoms with van der Waals surface area (Å²) < 4.78 is 0. The van der Waals surface area contributed by atoms with Crippen molar-refractivity contribution in [1.29, 1.82) is 0 Å². The number of likely N-dealkylation sites (N-methyl/N-ethyl adjacent to an activating group) is 1. The molecule has 1 atom stereocenters. The van der Waals surface area contributed by atoms with Crippen molar-refractivity contribution in [2.24, 2.45) is 0 Å². The SMILES string of the molecule is CCc1nc(C)sc1C(=O)N1CCCC[C@H]1C(=O)NC. The van der Waals surface area contributed by atoms with E-state index in [4.69, 9.17) is 0 Å². The second-order valence-corrected chi connectivity index (χ2v) is 6.19. The number of aromatic nitrogens is 1. The number of carbonyl (C=O) groups is 2. The number of nitrogens with zero attached hydrogens (tertiary/aromatic N) is 2. The zero-order chi connectivity index (χ0) is 14.7. The zero-order valence-electron chi connectivity index (χ0n) is 12.2. The summed E-state index contributed by atoms with van der Waals surface area (Å²) >= 11 is 1.43. The van der Waals surface area contributed by atoms with Crippen molar-refractivity contribution in [3.05, 3.63) is 15.6 Å². The van der Waals surface area contributed by atoms with Crippen LogP contribution in [0.5, 0.6) is 0 Å². The molecule has 0 unspecified atom stereocenters. The summed E-state index contributed by atoms with van der Waals surface area (Å²) in [6, 6.07) is -0.339. The monoisotopic (exact) mass is 295 g/mol. The normalized spacial score (nSPS) is 18.9. The number of aryl methyl sites for hydroxylation is 2. The van der Waals surface area contributed by atoms with Crippen LogP contribution in [0.3, 0.4) is 0 Å². The number of piperidine rings is 1. The van der Waals surface area contributed by atoms with Gasteiger partial charge in [0.1, 0.15) is 10.9 Å². The molecule has 1 fully saturated rings. The lowest BCUT2D eigenvalue weighted by molar-refractivity contribution is -0.126. The van der Waals surface area contributed by atoms with Gasteiger partial charge in [-0.05, 0) is 32.6 Å². The molecule has 20 heavy (non-hydrogen) atoms. The van der Waals surface area contributed by atoms with Crippen molar-refractivity contribution in [3.63, 3.8) is 0 Å². The van der Waals surface area contributed by atoms with Gasteiger partial charge >= 0.3 is 0 Å². The maximum absolute atomic E-state index is 12.7. The molecule has 0 spiro atoms. The van der Waals surface area contributed by atoms with Crippen LogP contribution in [0.2, 0.25) is 0 Å². The molecular formula is C14H21N3O2S. The van der Waals surface area contributed by atoms with Gasteiger partial charge in [0, 0.05) is 13.6 Å². The van der Waals surface area contributed by atoms with E-state index in [1.807, 2.05) is 13.8 Å². The quantitative estimate of drug-likeness (QED) is 0.924. The number of rotatable bonds is 3. The zero-order valence-corrected chi connectivity index (χ0v) is 13.0. The van der Waals surface area contributed by atoms with Crippen LogP contribution in [0, 0.1) is 6.92 Å². The Balaban J connectivity index is 2.27. The fourth-order valence-corrected chi connectivity index (χ4v) is 3.58. The summed E-state index contributed by atoms with van der Waals surface area (Å²) in [6.45, 7) is 4.56. The Morgan fingerprint density at radius 3 is 2.85 bits per heavy atom. The molecule has 5 nitrogen and oxygen atoms in total. The number of amides is 2. The van der Waals surface area contributed by atoms with Gasteiger partial charge in [-0.1, -0.05) is 6.92 Å². The van der Waals surface area contributed by atoms with Crippen molar-refractivity contribution in [3.8, 4) is 0 Å². The number of nitrogens with one attached hydrogen (secondary N) is 1. The second kappa shape index (κ2) is 6.35. The lowest BCUT2D eigenvalue weighted by Crippen LogP contribution is -2.51. The van der Waals surface area contributed by atoms with E-state index >= 15 is 0 Å². The maximum Gasteiger partial charge on any atom is 0.266 e. The summed E-state index contributed by atoms with van der Waals surface area (Å²) in [7, 11) is 1.62. The van der Waals surface area contributed by atoms with Gasteiger partial charge in [0.2, 0.25) is 5.91 Å². The Bertz CT molecular complexity index is 513. The van der Waals surface area contributed by atoms with Gasteiger partial charge in [-0.3, -0.25) is 9.59 Å². The van der Waals surface area contributed by atoms with Gasteiger partial charge in [-0.2, -0.15) is 0 Å². The molecule has 0 saturated carbocycles. The summed E-state index contributed by atoms with van der Waals surface area (Å²) in [5.74, 6) is -0.113. The van der Waals surface area contributed by atoms with Crippen LogP contribution in [-0.4, -0.2) is 41.3 Å². The lowest BCUT2D eigenvalue weighted by atomic mass is 10.0. The number of hydrogen-bond acceptors (Lipinski definition) is 4. The number of hydrogen-bond donors (Lipinski definition) is 1. The molecule has 1 N–H and O–H groups in total. The molecule has 1 aliphatic rings. The molecule has 1 saturated heterocycles. The van der Waals surface area contributed by atoms with E-state index in [1.54, 1.807) is 11.9 Å². The number of carbonyl (C=O) groups excluding carboxylic acids is 2. The average Bonchev–Trinajstić information content (AvgIpc) is 2.86. The molecule has 2 heterocycles. The first-order chi connectivity index (χ1) is 9.58. The van der Waals surface area contributed by atoms with Gasteiger partial charge in [-0.25, -0.2) is 4.98 Å². The molecule has 0 radical (unpaired) electrons. The Labute approximate surface area is 123 Å². The van der Waals surface area contributed by atoms with Crippen LogP contribution in [0.1, 0.15) is 46.6 Å². The summed E-state index contributed by atoms with van der Waals surface area (Å²) in [6.07, 6.45) is 3.43. The predicted octanol–water partition coefficient (Wildman–Crippen LogP) is 1.75. The third kappa shape index (κ3) is 2.85. The minimum atomic E-state index is -0.339. The average molecular weight is 295 g/mol. The van der Waals surface area contributed by atoms with Crippen molar-refractivity contribution in [1.82, 2.24) is 15.2 Å². The van der Waals surface area contributed by atoms with Crippen molar-refractivity contribution in [2.45, 2.75) is 45.6 Å². The van der Waals surface area contributed by atoms with Crippen molar-refractivity contribution < 1.29 is 9.59 Å². The van der Waals surface area contributed by atoms with Gasteiger partial charge in [-0.15, -0.1) is 11.3 Å². The van der Waals surface area contributed by atoms with Gasteiger partial charge in [0.25, 0.3) is 5.91 Å². The maximum atomic E-state index is 12.7. The first-order valence-corrected chi connectivity index (χ1v) is 7.89. The molecule has 110 valence electrons. The van der Waals surface area contributed by atoms with Gasteiger partial charge in [0.05, 0.1) is 10.7 Å². The third-order valence-corrected chi connectivity index (χ3v) is 4.65. The Morgan fingerprint density at radius 2 is 2.20 bits per heavy atom. The standard InChI is InChI=1S/C14H21N3O2S/c1-4-10-12(20-9(2)16-10)14(19)17-8-6-5-7-11(17)13(18)15-3/h11H,4-8H2,1-3H3,(H,15,18)/t11-/m0/s1. The van der Waals surface area contributed by atoms with Crippen molar-refractivity contribution in [2.75, 3.05) is 13.6 Å². The van der Waals surface area contributed by atoms with Crippen LogP contribution in [0.25, 0.3) is 0 Å². The highest BCUT2D eigenvalue weighted by Crippen LogP contribution is 2.25. The Morgan fingerprint density at radius 1 is 1.45 bits per heavy atom. The minimum absolute atomic E-state index is 0.0410. The fraction of sp³-hybridized carbons (Fsp3) is 0.643. The van der Waals surface area contributed by atoms with Crippen LogP contribution in [0.4, 0.5) is 0 Å². The molecule has 0 aliphatic carbocycles.